The van der Waals surface area contributed by atoms with E-state index in [2.05, 4.69) is 40.8 Å². The quantitative estimate of drug-likeness (QED) is 0.0118. The molecule has 0 radical (unpaired) electrons. The van der Waals surface area contributed by atoms with Gasteiger partial charge in [-0.25, -0.2) is 14.4 Å². The number of aliphatic hydroxyl groups is 1. The molecule has 4 rings (SSSR count). The number of hydrogen-bond acceptors (Lipinski definition) is 16. The first kappa shape index (κ1) is 71.4. The number of benzene rings is 1. The summed E-state index contributed by atoms with van der Waals surface area (Å²) in [6.07, 6.45) is 12.5. The molecule has 3 aliphatic rings. The molecule has 2 saturated heterocycles. The maximum atomic E-state index is 13.7. The van der Waals surface area contributed by atoms with Gasteiger partial charge in [0.05, 0.1) is 30.5 Å². The van der Waals surface area contributed by atoms with Crippen LogP contribution in [0.4, 0.5) is 15.3 Å². The minimum atomic E-state index is -2.50. The van der Waals surface area contributed by atoms with Crippen LogP contribution in [0, 0.1) is 23.7 Å². The van der Waals surface area contributed by atoms with Crippen LogP contribution in [0.25, 0.3) is 0 Å². The summed E-state index contributed by atoms with van der Waals surface area (Å²) >= 11 is 0. The van der Waals surface area contributed by atoms with E-state index in [-0.39, 0.29) is 81.4 Å². The molecule has 2 heterocycles. The lowest BCUT2D eigenvalue weighted by Crippen LogP contribution is -2.64. The van der Waals surface area contributed by atoms with Gasteiger partial charge in [-0.15, -0.1) is 6.58 Å². The summed E-state index contributed by atoms with van der Waals surface area (Å²) in [6, 6.07) is 3.12. The van der Waals surface area contributed by atoms with Gasteiger partial charge in [-0.3, -0.25) is 29.3 Å². The highest BCUT2D eigenvalue weighted by Crippen LogP contribution is 2.38. The van der Waals surface area contributed by atoms with Crippen LogP contribution in [-0.4, -0.2) is 158 Å². The molecule has 23 heteroatoms. The number of allylic oxidation sites excluding steroid dienone is 5. The second-order valence-corrected chi connectivity index (χ2v) is 23.3. The van der Waals surface area contributed by atoms with Gasteiger partial charge >= 0.3 is 18.1 Å². The molecule has 1 aliphatic carbocycles. The SMILES string of the molecule is C=CC/C(=C\C(C)CCCC(OC)C1OC(O)(C(=O)C(=O)N2CCCCC2C(=O)O)C(C)CC1OC)C(=O)CCCCC(C)=CC1CCC(OCNC(=O)OCc2ccc(NC(=O)C(CCCNC(N)=O)NC(=O)C(N)C(C)C)cc2)C(OC)C1. The summed E-state index contributed by atoms with van der Waals surface area (Å²) in [5, 5.41) is 32.1. The number of rotatable bonds is 35. The number of piperidine rings is 1. The van der Waals surface area contributed by atoms with E-state index >= 15 is 0 Å². The van der Waals surface area contributed by atoms with Crippen molar-refractivity contribution < 1.29 is 77.0 Å². The Morgan fingerprint density at radius 2 is 1.58 bits per heavy atom. The number of alkyl carbamates (subject to hydrolysis) is 1. The third-order valence-electron chi connectivity index (χ3n) is 16.4. The van der Waals surface area contributed by atoms with Gasteiger partial charge in [0.2, 0.25) is 17.6 Å². The highest BCUT2D eigenvalue weighted by molar-refractivity contribution is 6.39. The molecular weight excluding hydrogens is 1100 g/mol. The Hall–Kier alpha value is -6.08. The van der Waals surface area contributed by atoms with Crippen LogP contribution >= 0.6 is 0 Å². The van der Waals surface area contributed by atoms with Crippen molar-refractivity contribution in [1.29, 1.82) is 0 Å². The van der Waals surface area contributed by atoms with Gasteiger partial charge < -0.3 is 71.0 Å². The number of primary amides is 1. The van der Waals surface area contributed by atoms with Crippen LogP contribution in [0.5, 0.6) is 0 Å². The number of urea groups is 1. The van der Waals surface area contributed by atoms with Crippen molar-refractivity contribution in [3.63, 3.8) is 0 Å². The largest absolute Gasteiger partial charge is 0.480 e. The molecule has 12 atom stereocenters. The minimum Gasteiger partial charge on any atom is -0.480 e. The zero-order valence-electron chi connectivity index (χ0n) is 51.2. The van der Waals surface area contributed by atoms with Gasteiger partial charge in [-0.1, -0.05) is 70.0 Å². The molecule has 476 valence electrons. The Balaban J connectivity index is 1.17. The fourth-order valence-corrected chi connectivity index (χ4v) is 11.2. The molecule has 0 aromatic heterocycles. The van der Waals surface area contributed by atoms with Crippen molar-refractivity contribution in [3.05, 3.63) is 65.8 Å². The van der Waals surface area contributed by atoms with E-state index < -0.39 is 89.7 Å². The number of carboxylic acids is 1. The van der Waals surface area contributed by atoms with Gasteiger partial charge in [-0.2, -0.15) is 0 Å². The number of unbranched alkanes of at least 4 members (excludes halogenated alkanes) is 1. The number of likely N-dealkylation sites (tertiary alicyclic amines) is 1. The predicted octanol–water partition coefficient (Wildman–Crippen LogP) is 6.49. The van der Waals surface area contributed by atoms with Crippen LogP contribution < -0.4 is 32.7 Å². The smallest absolute Gasteiger partial charge is 0.409 e. The summed E-state index contributed by atoms with van der Waals surface area (Å²) in [4.78, 5) is 103. The van der Waals surface area contributed by atoms with E-state index in [1.807, 2.05) is 13.0 Å². The van der Waals surface area contributed by atoms with Crippen molar-refractivity contribution in [2.24, 2.45) is 35.1 Å². The topological polar surface area (TPSA) is 336 Å². The van der Waals surface area contributed by atoms with Crippen molar-refractivity contribution in [2.45, 2.75) is 205 Å². The van der Waals surface area contributed by atoms with E-state index in [9.17, 15) is 48.6 Å². The van der Waals surface area contributed by atoms with Crippen molar-refractivity contribution in [2.75, 3.05) is 46.5 Å². The Kier molecular flexibility index (Phi) is 30.4. The van der Waals surface area contributed by atoms with Gasteiger partial charge in [0.25, 0.3) is 11.7 Å². The number of amides is 6. The average molecular weight is 1200 g/mol. The summed E-state index contributed by atoms with van der Waals surface area (Å²) in [7, 11) is 4.67. The third kappa shape index (κ3) is 22.6. The van der Waals surface area contributed by atoms with E-state index in [1.54, 1.807) is 58.2 Å². The van der Waals surface area contributed by atoms with Crippen molar-refractivity contribution in [1.82, 2.24) is 20.9 Å². The van der Waals surface area contributed by atoms with Crippen molar-refractivity contribution in [3.8, 4) is 0 Å². The molecule has 0 bridgehead atoms. The summed E-state index contributed by atoms with van der Waals surface area (Å²) in [5.74, 6) is -7.49. The number of nitrogens with two attached hydrogens (primary N) is 2. The zero-order chi connectivity index (χ0) is 62.8. The van der Waals surface area contributed by atoms with Gasteiger partial charge in [0.1, 0.15) is 31.5 Å². The maximum Gasteiger partial charge on any atom is 0.409 e. The number of ether oxygens (including phenoxy) is 6. The van der Waals surface area contributed by atoms with Crippen LogP contribution in [0.1, 0.15) is 149 Å². The molecule has 0 spiro atoms. The van der Waals surface area contributed by atoms with Gasteiger partial charge in [0.15, 0.2) is 5.78 Å². The lowest BCUT2D eigenvalue weighted by atomic mass is 9.83. The molecule has 1 saturated carbocycles. The highest BCUT2D eigenvalue weighted by atomic mass is 16.7. The van der Waals surface area contributed by atoms with E-state index in [1.165, 1.54) is 19.8 Å². The number of aliphatic carboxylic acids is 1. The maximum absolute atomic E-state index is 13.7. The van der Waals surface area contributed by atoms with Crippen LogP contribution in [0.15, 0.2) is 60.2 Å². The van der Waals surface area contributed by atoms with Gasteiger partial charge in [-0.05, 0) is 144 Å². The molecule has 12 unspecified atom stereocenters. The second kappa shape index (κ2) is 36.2. The number of Topliss-reactive ketones (excluding diaryl/α,β-unsaturated/α-hetero) is 2. The number of anilines is 1. The summed E-state index contributed by atoms with van der Waals surface area (Å²) in [6.45, 7) is 13.5. The molecule has 85 heavy (non-hydrogen) atoms. The Bertz CT molecular complexity index is 2440. The number of ketones is 2. The number of methoxy groups -OCH3 is 3. The molecule has 3 fully saturated rings. The lowest BCUT2D eigenvalue weighted by molar-refractivity contribution is -0.302. The Labute approximate surface area is 501 Å². The van der Waals surface area contributed by atoms with Crippen LogP contribution in [0.3, 0.4) is 0 Å². The van der Waals surface area contributed by atoms with Crippen LogP contribution in [-0.2, 0) is 63.8 Å². The normalized spacial score (nSPS) is 24.3. The number of nitrogens with zero attached hydrogens (tertiary/aromatic N) is 1. The molecule has 6 amide bonds. The summed E-state index contributed by atoms with van der Waals surface area (Å²) in [5.41, 5.74) is 14.2. The Morgan fingerprint density at radius 3 is 2.22 bits per heavy atom. The van der Waals surface area contributed by atoms with E-state index in [4.69, 9.17) is 39.9 Å². The molecule has 2 aliphatic heterocycles. The second-order valence-electron chi connectivity index (χ2n) is 23.3. The standard InChI is InChI=1S/C62H97N7O16/c1-10-17-44(33-40(5)19-15-23-50(80-7)54-52(82-9)34-41(6)62(79,85-54)55(71)58(74)69-31-14-13-21-47(69)59(75)76)48(70)22-12-11-18-39(4)32-43-26-29-49(51(35-43)81-8)84-37-66-61(78)83-36-42-24-27-45(28-25-42)67-56(72)46(20-16-30-65-60(64)77)68-57(73)53(63)38(2)3/h10,24-25,27-28,32-33,38,40-41,43,46-47,49-54,79H,1,11-23,26,29-31,34-37,63H2,2-9H3,(H,66,78)(H,67,72)(H,68,73)(H,75,76)(H3,64,65,77)/b39-32?,44-33+. The fraction of sp³-hybridized carbons (Fsp3) is 0.677. The minimum absolute atomic E-state index is 0.0324. The monoisotopic (exact) mass is 1200 g/mol. The number of carbonyl (C=O) groups is 8. The first-order valence-electron chi connectivity index (χ1n) is 30.1. The molecule has 1 aromatic rings. The molecule has 10 N–H and O–H groups in total. The van der Waals surface area contributed by atoms with Gasteiger partial charge in [0, 0.05) is 52.4 Å². The number of carboxylic acid groups (broad SMARTS) is 1. The highest BCUT2D eigenvalue weighted by Gasteiger charge is 2.56. The third-order valence-corrected chi connectivity index (χ3v) is 16.4. The zero-order valence-corrected chi connectivity index (χ0v) is 51.2. The number of carbonyl (C=O) groups excluding carboxylic acids is 7. The summed E-state index contributed by atoms with van der Waals surface area (Å²) < 4.78 is 35.0. The Morgan fingerprint density at radius 1 is 0.871 bits per heavy atom. The number of hydrogen-bond donors (Lipinski definition) is 8. The van der Waals surface area contributed by atoms with E-state index in [0.717, 1.165) is 43.4 Å². The molecular formula is C62H97N7O16. The average Bonchev–Trinajstić information content (AvgIpc) is 1.58. The molecule has 23 nitrogen and oxygen atoms in total. The van der Waals surface area contributed by atoms with Crippen LogP contribution in [0.2, 0.25) is 0 Å². The van der Waals surface area contributed by atoms with E-state index in [0.29, 0.717) is 68.2 Å². The van der Waals surface area contributed by atoms with Crippen molar-refractivity contribution >= 4 is 53.1 Å². The molecule has 1 aromatic carbocycles. The predicted molar refractivity (Wildman–Crippen MR) is 318 cm³/mol. The first-order chi connectivity index (χ1) is 40.5. The first-order valence-corrected chi connectivity index (χ1v) is 30.1. The number of nitrogens with one attached hydrogen (secondary N) is 4. The lowest BCUT2D eigenvalue weighted by Gasteiger charge is -2.46. The fourth-order valence-electron chi connectivity index (χ4n) is 11.2.